The number of aromatic nitrogens is 3. The third kappa shape index (κ3) is 7.48. The van der Waals surface area contributed by atoms with E-state index in [1.165, 1.54) is 6.33 Å². The number of anilines is 2. The van der Waals surface area contributed by atoms with Crippen molar-refractivity contribution in [2.75, 3.05) is 31.6 Å². The Morgan fingerprint density at radius 2 is 1.90 bits per heavy atom. The van der Waals surface area contributed by atoms with Crippen molar-refractivity contribution in [2.45, 2.75) is 32.4 Å². The number of rotatable bonds is 10. The monoisotopic (exact) mass is 607 g/mol. The number of carbonyl (C=O) groups excluding carboxylic acids is 1. The van der Waals surface area contributed by atoms with Gasteiger partial charge in [0.25, 0.3) is 0 Å². The highest BCUT2D eigenvalue weighted by Gasteiger charge is 2.17. The van der Waals surface area contributed by atoms with Gasteiger partial charge in [-0.25, -0.2) is 14.8 Å². The Morgan fingerprint density at radius 3 is 2.67 bits per heavy atom. The fraction of sp³-hybridized carbons (Fsp3) is 0.321. The number of para-hydroxylation sites is 1. The Labute approximate surface area is 250 Å². The van der Waals surface area contributed by atoms with Gasteiger partial charge in [0.1, 0.15) is 41.6 Å². The molecule has 1 saturated heterocycles. The first kappa shape index (κ1) is 31.3. The Kier molecular flexibility index (Phi) is 11.7. The molecule has 0 atom stereocenters. The molecule has 0 bridgehead atoms. The van der Waals surface area contributed by atoms with Crippen molar-refractivity contribution in [3.05, 3.63) is 71.6 Å². The van der Waals surface area contributed by atoms with Crippen molar-refractivity contribution in [1.29, 1.82) is 0 Å². The minimum atomic E-state index is -0.403. The molecule has 0 aliphatic carbocycles. The Balaban J connectivity index is 0.00000220. The number of benzene rings is 2. The highest BCUT2D eigenvalue weighted by atomic mass is 35.5. The van der Waals surface area contributed by atoms with Crippen LogP contribution in [0.4, 0.5) is 11.5 Å². The van der Waals surface area contributed by atoms with E-state index >= 15 is 0 Å². The molecule has 40 heavy (non-hydrogen) atoms. The summed E-state index contributed by atoms with van der Waals surface area (Å²) >= 11 is 6.56. The lowest BCUT2D eigenvalue weighted by molar-refractivity contribution is 0.0521. The molecule has 9 nitrogen and oxygen atoms in total. The van der Waals surface area contributed by atoms with E-state index < -0.39 is 5.97 Å². The van der Waals surface area contributed by atoms with Crippen LogP contribution in [0.1, 0.15) is 30.1 Å². The van der Waals surface area contributed by atoms with Gasteiger partial charge in [0.15, 0.2) is 5.82 Å². The average molecular weight is 609 g/mol. The molecule has 0 unspecified atom stereocenters. The number of hydrogen-bond acceptors (Lipinski definition) is 8. The van der Waals surface area contributed by atoms with E-state index in [4.69, 9.17) is 25.8 Å². The van der Waals surface area contributed by atoms with Crippen molar-refractivity contribution < 1.29 is 19.0 Å². The second-order valence-electron chi connectivity index (χ2n) is 8.87. The van der Waals surface area contributed by atoms with Crippen LogP contribution in [0.2, 0.25) is 5.02 Å². The van der Waals surface area contributed by atoms with Gasteiger partial charge >= 0.3 is 5.97 Å². The summed E-state index contributed by atoms with van der Waals surface area (Å²) < 4.78 is 19.2. The maximum atomic E-state index is 12.2. The highest BCUT2D eigenvalue weighted by Crippen LogP contribution is 2.32. The summed E-state index contributed by atoms with van der Waals surface area (Å²) in [4.78, 5) is 21.1. The second-order valence-corrected chi connectivity index (χ2v) is 9.27. The van der Waals surface area contributed by atoms with Crippen LogP contribution in [0.25, 0.3) is 11.0 Å². The molecule has 0 amide bonds. The van der Waals surface area contributed by atoms with Gasteiger partial charge in [0, 0.05) is 11.9 Å². The first-order valence-corrected chi connectivity index (χ1v) is 13.1. The van der Waals surface area contributed by atoms with Gasteiger partial charge in [-0.2, -0.15) is 0 Å². The Morgan fingerprint density at radius 1 is 1.10 bits per heavy atom. The standard InChI is InChI=1S/C28H30ClN5O4.2ClH/c1-2-36-28(35)21-5-3-4-6-24(21)37-16-15-34-14-11-23-26(34)27(32-18-31-23)33-19-7-8-25(22(29)17-19)38-20-9-12-30-13-10-20;;/h3-8,11,14,17-18,20,30H,2,9-10,12-13,15-16H2,1H3,(H,31,32,33);2*1H. The molecular weight excluding hydrogens is 577 g/mol. The SMILES string of the molecule is CCOC(=O)c1ccccc1OCCn1ccc2ncnc(Nc3ccc(OC4CCNCC4)c(Cl)c3)c21.Cl.Cl. The third-order valence-electron chi connectivity index (χ3n) is 6.30. The largest absolute Gasteiger partial charge is 0.491 e. The zero-order chi connectivity index (χ0) is 26.3. The van der Waals surface area contributed by atoms with E-state index in [9.17, 15) is 4.79 Å². The quantitative estimate of drug-likeness (QED) is 0.210. The van der Waals surface area contributed by atoms with E-state index in [0.717, 1.165) is 42.7 Å². The number of nitrogens with zero attached hydrogens (tertiary/aromatic N) is 3. The fourth-order valence-electron chi connectivity index (χ4n) is 4.44. The number of ether oxygens (including phenoxy) is 3. The second kappa shape index (κ2) is 14.9. The lowest BCUT2D eigenvalue weighted by Gasteiger charge is -2.24. The van der Waals surface area contributed by atoms with E-state index in [0.29, 0.717) is 47.7 Å². The summed E-state index contributed by atoms with van der Waals surface area (Å²) in [5.74, 6) is 1.41. The predicted molar refractivity (Wildman–Crippen MR) is 161 cm³/mol. The number of fused-ring (bicyclic) bond motifs is 1. The predicted octanol–water partition coefficient (Wildman–Crippen LogP) is 6.06. The number of halogens is 3. The van der Waals surface area contributed by atoms with Gasteiger partial charge in [-0.1, -0.05) is 23.7 Å². The number of carbonyl (C=O) groups is 1. The Bertz CT molecular complexity index is 1410. The summed E-state index contributed by atoms with van der Waals surface area (Å²) in [7, 11) is 0. The first-order chi connectivity index (χ1) is 18.6. The van der Waals surface area contributed by atoms with Gasteiger partial charge in [-0.05, 0) is 69.3 Å². The van der Waals surface area contributed by atoms with Crippen molar-refractivity contribution in [2.24, 2.45) is 0 Å². The number of nitrogens with one attached hydrogen (secondary N) is 2. The van der Waals surface area contributed by atoms with Crippen molar-refractivity contribution >= 4 is 64.9 Å². The number of piperidine rings is 1. The maximum absolute atomic E-state index is 12.2. The van der Waals surface area contributed by atoms with E-state index in [-0.39, 0.29) is 30.9 Å². The molecule has 1 fully saturated rings. The van der Waals surface area contributed by atoms with Gasteiger partial charge in [0.2, 0.25) is 0 Å². The molecule has 0 saturated carbocycles. The Hall–Kier alpha value is -3.24. The molecule has 3 heterocycles. The van der Waals surface area contributed by atoms with E-state index in [1.54, 1.807) is 25.1 Å². The van der Waals surface area contributed by atoms with Gasteiger partial charge < -0.3 is 29.4 Å². The van der Waals surface area contributed by atoms with Crippen LogP contribution in [-0.4, -0.2) is 52.9 Å². The molecule has 0 spiro atoms. The third-order valence-corrected chi connectivity index (χ3v) is 6.59. The summed E-state index contributed by atoms with van der Waals surface area (Å²) in [6.07, 6.45) is 5.56. The van der Waals surface area contributed by atoms with Gasteiger partial charge in [0.05, 0.1) is 23.7 Å². The summed E-state index contributed by atoms with van der Waals surface area (Å²) in [6, 6.07) is 14.7. The topological polar surface area (TPSA) is 99.5 Å². The van der Waals surface area contributed by atoms with E-state index in [1.807, 2.05) is 41.1 Å². The summed E-state index contributed by atoms with van der Waals surface area (Å²) in [5.41, 5.74) is 2.83. The minimum Gasteiger partial charge on any atom is -0.491 e. The van der Waals surface area contributed by atoms with Crippen LogP contribution in [-0.2, 0) is 11.3 Å². The molecule has 2 aromatic carbocycles. The molecule has 214 valence electrons. The van der Waals surface area contributed by atoms with Crippen LogP contribution in [0.5, 0.6) is 11.5 Å². The smallest absolute Gasteiger partial charge is 0.341 e. The molecule has 0 radical (unpaired) electrons. The van der Waals surface area contributed by atoms with E-state index in [2.05, 4.69) is 20.6 Å². The van der Waals surface area contributed by atoms with Gasteiger partial charge in [-0.3, -0.25) is 0 Å². The molecule has 2 aromatic heterocycles. The molecule has 12 heteroatoms. The summed E-state index contributed by atoms with van der Waals surface area (Å²) in [5, 5.41) is 7.25. The lowest BCUT2D eigenvalue weighted by Crippen LogP contribution is -2.34. The van der Waals surface area contributed by atoms with Crippen LogP contribution in [0, 0.1) is 0 Å². The van der Waals surface area contributed by atoms with Crippen molar-refractivity contribution in [1.82, 2.24) is 19.9 Å². The molecule has 1 aliphatic rings. The van der Waals surface area contributed by atoms with Crippen molar-refractivity contribution in [3.8, 4) is 11.5 Å². The molecule has 2 N–H and O–H groups in total. The average Bonchev–Trinajstić information content (AvgIpc) is 3.35. The first-order valence-electron chi connectivity index (χ1n) is 12.7. The zero-order valence-electron chi connectivity index (χ0n) is 22.0. The normalized spacial score (nSPS) is 13.2. The molecule has 1 aliphatic heterocycles. The molecule has 4 aromatic rings. The number of hydrogen-bond donors (Lipinski definition) is 2. The molecular formula is C28H32Cl3N5O4. The lowest BCUT2D eigenvalue weighted by atomic mass is 10.1. The van der Waals surface area contributed by atoms with Crippen LogP contribution >= 0.6 is 36.4 Å². The minimum absolute atomic E-state index is 0. The van der Waals surface area contributed by atoms with Crippen LogP contribution < -0.4 is 20.1 Å². The molecule has 5 rings (SSSR count). The van der Waals surface area contributed by atoms with Crippen LogP contribution in [0.15, 0.2) is 61.1 Å². The van der Waals surface area contributed by atoms with Crippen LogP contribution in [0.3, 0.4) is 0 Å². The van der Waals surface area contributed by atoms with Crippen molar-refractivity contribution in [3.63, 3.8) is 0 Å². The van der Waals surface area contributed by atoms with Gasteiger partial charge in [-0.15, -0.1) is 24.8 Å². The maximum Gasteiger partial charge on any atom is 0.341 e. The summed E-state index contributed by atoms with van der Waals surface area (Å²) in [6.45, 7) is 4.84. The fourth-order valence-corrected chi connectivity index (χ4v) is 4.66. The zero-order valence-corrected chi connectivity index (χ0v) is 24.4. The number of esters is 1. The highest BCUT2D eigenvalue weighted by molar-refractivity contribution is 6.32.